The number of hydrogen-bond donors (Lipinski definition) is 0. The number of fused-ring (bicyclic) bond motifs is 1. The predicted molar refractivity (Wildman–Crippen MR) is 88.9 cm³/mol. The normalized spacial score (nSPS) is 17.7. The molecule has 0 unspecified atom stereocenters. The van der Waals surface area contributed by atoms with Gasteiger partial charge in [0.2, 0.25) is 0 Å². The lowest BCUT2D eigenvalue weighted by Crippen LogP contribution is -2.30. The first kappa shape index (κ1) is 14.9. The van der Waals surface area contributed by atoms with Crippen molar-refractivity contribution in [3.8, 4) is 0 Å². The molecule has 0 bridgehead atoms. The van der Waals surface area contributed by atoms with Gasteiger partial charge in [0, 0.05) is 6.54 Å². The molecule has 1 aliphatic rings. The number of piperidine rings is 1. The number of aryl methyl sites for hydroxylation is 2. The fourth-order valence-electron chi connectivity index (χ4n) is 3.35. The van der Waals surface area contributed by atoms with Crippen LogP contribution in [0.3, 0.4) is 0 Å². The van der Waals surface area contributed by atoms with E-state index in [4.69, 9.17) is 16.6 Å². The lowest BCUT2D eigenvalue weighted by molar-refractivity contribution is 0.208. The molecule has 0 aliphatic carbocycles. The fraction of sp³-hybridized carbons (Fsp3) is 0.588. The number of nitrogens with zero attached hydrogens (tertiary/aromatic N) is 3. The Labute approximate surface area is 131 Å². The van der Waals surface area contributed by atoms with Gasteiger partial charge in [-0.25, -0.2) is 4.98 Å². The maximum Gasteiger partial charge on any atom is 0.124 e. The number of likely N-dealkylation sites (tertiary alicyclic amines) is 1. The Morgan fingerprint density at radius 1 is 1.29 bits per heavy atom. The topological polar surface area (TPSA) is 21.1 Å². The number of benzene rings is 1. The van der Waals surface area contributed by atoms with E-state index in [2.05, 4.69) is 41.6 Å². The zero-order chi connectivity index (χ0) is 14.8. The SMILES string of the molecule is Cc1cccc2c1nc(CCl)n2CCC1CCN(C)CC1. The molecule has 1 fully saturated rings. The highest BCUT2D eigenvalue weighted by Gasteiger charge is 2.18. The van der Waals surface area contributed by atoms with Crippen molar-refractivity contribution in [2.75, 3.05) is 20.1 Å². The first-order chi connectivity index (χ1) is 10.2. The Hall–Kier alpha value is -1.06. The number of imidazole rings is 1. The van der Waals surface area contributed by atoms with Gasteiger partial charge in [-0.15, -0.1) is 11.6 Å². The van der Waals surface area contributed by atoms with E-state index in [0.717, 1.165) is 23.8 Å². The third-order valence-corrected chi connectivity index (χ3v) is 5.02. The van der Waals surface area contributed by atoms with Crippen LogP contribution in [0.4, 0.5) is 0 Å². The molecule has 21 heavy (non-hydrogen) atoms. The molecule has 0 atom stereocenters. The van der Waals surface area contributed by atoms with E-state index in [9.17, 15) is 0 Å². The third kappa shape index (κ3) is 3.09. The van der Waals surface area contributed by atoms with Crippen molar-refractivity contribution in [2.24, 2.45) is 5.92 Å². The lowest BCUT2D eigenvalue weighted by Gasteiger charge is -2.29. The number of halogens is 1. The van der Waals surface area contributed by atoms with Crippen molar-refractivity contribution in [2.45, 2.75) is 38.6 Å². The highest BCUT2D eigenvalue weighted by molar-refractivity contribution is 6.16. The first-order valence-electron chi connectivity index (χ1n) is 7.88. The van der Waals surface area contributed by atoms with Gasteiger partial charge in [-0.3, -0.25) is 0 Å². The van der Waals surface area contributed by atoms with Crippen molar-refractivity contribution in [1.82, 2.24) is 14.5 Å². The summed E-state index contributed by atoms with van der Waals surface area (Å²) < 4.78 is 2.33. The summed E-state index contributed by atoms with van der Waals surface area (Å²) in [7, 11) is 2.22. The monoisotopic (exact) mass is 305 g/mol. The molecule has 0 radical (unpaired) electrons. The van der Waals surface area contributed by atoms with Crippen molar-refractivity contribution in [1.29, 1.82) is 0 Å². The average molecular weight is 306 g/mol. The highest BCUT2D eigenvalue weighted by atomic mass is 35.5. The molecule has 1 aliphatic heterocycles. The zero-order valence-electron chi connectivity index (χ0n) is 13.0. The molecular formula is C17H24ClN3. The van der Waals surface area contributed by atoms with Crippen LogP contribution in [0.1, 0.15) is 30.7 Å². The van der Waals surface area contributed by atoms with E-state index in [1.165, 1.54) is 43.4 Å². The summed E-state index contributed by atoms with van der Waals surface area (Å²) in [5.41, 5.74) is 3.58. The molecular weight excluding hydrogens is 282 g/mol. The summed E-state index contributed by atoms with van der Waals surface area (Å²) in [6.07, 6.45) is 3.87. The summed E-state index contributed by atoms with van der Waals surface area (Å²) >= 11 is 6.11. The minimum Gasteiger partial charge on any atom is -0.327 e. The van der Waals surface area contributed by atoms with Gasteiger partial charge in [0.25, 0.3) is 0 Å². The van der Waals surface area contributed by atoms with E-state index >= 15 is 0 Å². The number of hydrogen-bond acceptors (Lipinski definition) is 2. The number of para-hydroxylation sites is 1. The molecule has 4 heteroatoms. The maximum absolute atomic E-state index is 6.11. The summed E-state index contributed by atoms with van der Waals surface area (Å²) in [6, 6.07) is 6.40. The molecule has 3 nitrogen and oxygen atoms in total. The zero-order valence-corrected chi connectivity index (χ0v) is 13.7. The second-order valence-electron chi connectivity index (χ2n) is 6.29. The highest BCUT2D eigenvalue weighted by Crippen LogP contribution is 2.24. The van der Waals surface area contributed by atoms with E-state index in [0.29, 0.717) is 5.88 Å². The van der Waals surface area contributed by atoms with Gasteiger partial charge in [0.15, 0.2) is 0 Å². The second kappa shape index (κ2) is 6.37. The fourth-order valence-corrected chi connectivity index (χ4v) is 3.55. The number of rotatable bonds is 4. The van der Waals surface area contributed by atoms with E-state index in [1.807, 2.05) is 0 Å². The summed E-state index contributed by atoms with van der Waals surface area (Å²) in [4.78, 5) is 7.16. The van der Waals surface area contributed by atoms with Crippen LogP contribution < -0.4 is 0 Å². The smallest absolute Gasteiger partial charge is 0.124 e. The Kier molecular flexibility index (Phi) is 4.51. The molecule has 1 aromatic carbocycles. The van der Waals surface area contributed by atoms with Crippen molar-refractivity contribution >= 4 is 22.6 Å². The molecule has 3 rings (SSSR count). The van der Waals surface area contributed by atoms with Crippen LogP contribution in [0.2, 0.25) is 0 Å². The Morgan fingerprint density at radius 2 is 2.05 bits per heavy atom. The summed E-state index contributed by atoms with van der Waals surface area (Å²) in [5.74, 6) is 2.34. The maximum atomic E-state index is 6.11. The summed E-state index contributed by atoms with van der Waals surface area (Å²) in [5, 5.41) is 0. The van der Waals surface area contributed by atoms with Crippen LogP contribution in [0, 0.1) is 12.8 Å². The molecule has 0 amide bonds. The molecule has 0 N–H and O–H groups in total. The van der Waals surface area contributed by atoms with Gasteiger partial charge in [0.1, 0.15) is 5.82 Å². The predicted octanol–water partition coefficient (Wildman–Crippen LogP) is 3.82. The van der Waals surface area contributed by atoms with Crippen LogP contribution >= 0.6 is 11.6 Å². The van der Waals surface area contributed by atoms with Gasteiger partial charge in [-0.05, 0) is 63.9 Å². The van der Waals surface area contributed by atoms with Crippen molar-refractivity contribution < 1.29 is 0 Å². The molecule has 2 aromatic rings. The second-order valence-corrected chi connectivity index (χ2v) is 6.56. The summed E-state index contributed by atoms with van der Waals surface area (Å²) in [6.45, 7) is 5.62. The molecule has 1 saturated heterocycles. The van der Waals surface area contributed by atoms with Crippen LogP contribution in [0.25, 0.3) is 11.0 Å². The van der Waals surface area contributed by atoms with Crippen molar-refractivity contribution in [3.63, 3.8) is 0 Å². The van der Waals surface area contributed by atoms with Crippen LogP contribution in [0.15, 0.2) is 18.2 Å². The van der Waals surface area contributed by atoms with E-state index in [-0.39, 0.29) is 0 Å². The standard InChI is InChI=1S/C17H24ClN3/c1-13-4-3-5-15-17(13)19-16(12-18)21(15)11-8-14-6-9-20(2)10-7-14/h3-5,14H,6-12H2,1-2H3. The largest absolute Gasteiger partial charge is 0.327 e. The average Bonchev–Trinajstić information content (AvgIpc) is 2.86. The first-order valence-corrected chi connectivity index (χ1v) is 8.41. The van der Waals surface area contributed by atoms with Crippen LogP contribution in [-0.2, 0) is 12.4 Å². The molecule has 0 spiro atoms. The van der Waals surface area contributed by atoms with Crippen LogP contribution in [0.5, 0.6) is 0 Å². The van der Waals surface area contributed by atoms with Gasteiger partial charge in [0.05, 0.1) is 16.9 Å². The Morgan fingerprint density at radius 3 is 2.76 bits per heavy atom. The quantitative estimate of drug-likeness (QED) is 0.801. The minimum absolute atomic E-state index is 0.488. The van der Waals surface area contributed by atoms with Gasteiger partial charge < -0.3 is 9.47 Å². The van der Waals surface area contributed by atoms with Crippen molar-refractivity contribution in [3.05, 3.63) is 29.6 Å². The van der Waals surface area contributed by atoms with Gasteiger partial charge >= 0.3 is 0 Å². The van der Waals surface area contributed by atoms with E-state index in [1.54, 1.807) is 0 Å². The Balaban J connectivity index is 1.78. The van der Waals surface area contributed by atoms with Gasteiger partial charge in [-0.2, -0.15) is 0 Å². The lowest BCUT2D eigenvalue weighted by atomic mass is 9.94. The third-order valence-electron chi connectivity index (χ3n) is 4.78. The van der Waals surface area contributed by atoms with Crippen LogP contribution in [-0.4, -0.2) is 34.6 Å². The Bertz CT molecular complexity index is 612. The van der Waals surface area contributed by atoms with E-state index < -0.39 is 0 Å². The number of aromatic nitrogens is 2. The molecule has 1 aromatic heterocycles. The number of alkyl halides is 1. The molecule has 2 heterocycles. The minimum atomic E-state index is 0.488. The molecule has 0 saturated carbocycles. The van der Waals surface area contributed by atoms with Gasteiger partial charge in [-0.1, -0.05) is 12.1 Å². The molecule has 114 valence electrons.